The summed E-state index contributed by atoms with van der Waals surface area (Å²) >= 11 is 5.84. The Labute approximate surface area is 165 Å². The smallest absolute Gasteiger partial charge is 0.270 e. The van der Waals surface area contributed by atoms with Crippen LogP contribution < -0.4 is 0 Å². The molecule has 0 saturated carbocycles. The highest BCUT2D eigenvalue weighted by Gasteiger charge is 2.37. The zero-order valence-corrected chi connectivity index (χ0v) is 15.6. The van der Waals surface area contributed by atoms with Gasteiger partial charge in [0.2, 0.25) is 0 Å². The molecule has 2 amide bonds. The van der Waals surface area contributed by atoms with Crippen LogP contribution in [-0.4, -0.2) is 46.0 Å². The lowest BCUT2D eigenvalue weighted by molar-refractivity contribution is -0.384. The maximum Gasteiger partial charge on any atom is 0.270 e. The average molecular weight is 405 g/mol. The van der Waals surface area contributed by atoms with Gasteiger partial charge in [-0.15, -0.1) is 0 Å². The lowest BCUT2D eigenvalue weighted by Gasteiger charge is -2.20. The third-order valence-corrected chi connectivity index (χ3v) is 4.69. The van der Waals surface area contributed by atoms with Crippen LogP contribution in [0.5, 0.6) is 0 Å². The minimum absolute atomic E-state index is 0.0400. The molecule has 0 fully saturated rings. The minimum atomic E-state index is -1.10. The zero-order valence-electron chi connectivity index (χ0n) is 14.9. The van der Waals surface area contributed by atoms with Gasteiger partial charge in [0, 0.05) is 17.2 Å². The number of nitro groups is 1. The molecule has 3 rings (SSSR count). The van der Waals surface area contributed by atoms with Crippen LogP contribution in [0.1, 0.15) is 39.3 Å². The lowest BCUT2D eigenvalue weighted by atomic mass is 10.1. The van der Waals surface area contributed by atoms with E-state index in [4.69, 9.17) is 16.3 Å². The van der Waals surface area contributed by atoms with Gasteiger partial charge in [-0.05, 0) is 30.7 Å². The maximum atomic E-state index is 12.4. The Morgan fingerprint density at radius 2 is 1.79 bits per heavy atom. The van der Waals surface area contributed by atoms with E-state index < -0.39 is 22.8 Å². The molecule has 2 aromatic carbocycles. The highest BCUT2D eigenvalue weighted by atomic mass is 35.5. The van der Waals surface area contributed by atoms with E-state index >= 15 is 0 Å². The van der Waals surface area contributed by atoms with E-state index in [9.17, 15) is 24.8 Å². The van der Waals surface area contributed by atoms with Crippen LogP contribution in [-0.2, 0) is 4.74 Å². The normalized spacial score (nSPS) is 15.5. The second kappa shape index (κ2) is 8.05. The number of halogens is 1. The van der Waals surface area contributed by atoms with Crippen molar-refractivity contribution < 1.29 is 24.4 Å². The fourth-order valence-electron chi connectivity index (χ4n) is 2.91. The quantitative estimate of drug-likeness (QED) is 0.431. The first kappa shape index (κ1) is 19.9. The molecule has 0 spiro atoms. The molecule has 1 heterocycles. The van der Waals surface area contributed by atoms with Crippen molar-refractivity contribution in [2.45, 2.75) is 19.1 Å². The van der Waals surface area contributed by atoms with Crippen LogP contribution >= 0.6 is 11.6 Å². The molecule has 0 aliphatic carbocycles. The fraction of sp³-hybridized carbons (Fsp3) is 0.263. The molecule has 0 saturated heterocycles. The van der Waals surface area contributed by atoms with E-state index in [2.05, 4.69) is 0 Å². The Bertz CT molecular complexity index is 931. The number of benzene rings is 2. The molecule has 0 unspecified atom stereocenters. The predicted octanol–water partition coefficient (Wildman–Crippen LogP) is 2.98. The molecule has 1 N–H and O–H groups in total. The molecule has 1 aliphatic rings. The molecule has 2 atom stereocenters. The van der Waals surface area contributed by atoms with Crippen LogP contribution in [0.25, 0.3) is 0 Å². The number of β-amino-alcohol motifs (C(OH)–C–C–N with tert-alkyl or cyclic N) is 1. The van der Waals surface area contributed by atoms with E-state index in [0.717, 1.165) is 16.5 Å². The summed E-state index contributed by atoms with van der Waals surface area (Å²) in [6.45, 7) is 1.43. The lowest BCUT2D eigenvalue weighted by Crippen LogP contribution is -2.38. The first-order valence-electron chi connectivity index (χ1n) is 8.47. The third-order valence-electron chi connectivity index (χ3n) is 4.44. The summed E-state index contributed by atoms with van der Waals surface area (Å²) in [5.74, 6) is -1.27. The Kier molecular flexibility index (Phi) is 5.73. The van der Waals surface area contributed by atoms with E-state index in [1.165, 1.54) is 12.1 Å². The summed E-state index contributed by atoms with van der Waals surface area (Å²) in [5, 5.41) is 21.7. The number of non-ortho nitro benzene ring substituents is 1. The van der Waals surface area contributed by atoms with Crippen molar-refractivity contribution in [3.63, 3.8) is 0 Å². The second-order valence-corrected chi connectivity index (χ2v) is 6.83. The van der Waals surface area contributed by atoms with Crippen LogP contribution in [0.3, 0.4) is 0 Å². The summed E-state index contributed by atoms with van der Waals surface area (Å²) < 4.78 is 5.61. The number of carbonyl (C=O) groups excluding carboxylic acids is 2. The highest BCUT2D eigenvalue weighted by molar-refractivity contribution is 6.30. The molecule has 9 heteroatoms. The number of rotatable bonds is 7. The molecular formula is C19H17ClN2O6. The van der Waals surface area contributed by atoms with Crippen LogP contribution in [0.15, 0.2) is 42.5 Å². The maximum absolute atomic E-state index is 12.4. The summed E-state index contributed by atoms with van der Waals surface area (Å²) in [5.41, 5.74) is 0.632. The van der Waals surface area contributed by atoms with Crippen molar-refractivity contribution in [1.82, 2.24) is 4.90 Å². The first-order valence-corrected chi connectivity index (χ1v) is 8.85. The monoisotopic (exact) mass is 404 g/mol. The number of amides is 2. The number of carbonyl (C=O) groups is 2. The van der Waals surface area contributed by atoms with Crippen molar-refractivity contribution in [2.75, 3.05) is 13.2 Å². The van der Waals surface area contributed by atoms with Crippen LogP contribution in [0, 0.1) is 10.1 Å². The Morgan fingerprint density at radius 1 is 1.14 bits per heavy atom. The van der Waals surface area contributed by atoms with Gasteiger partial charge < -0.3 is 9.84 Å². The van der Waals surface area contributed by atoms with E-state index in [-0.39, 0.29) is 36.1 Å². The van der Waals surface area contributed by atoms with E-state index in [1.807, 2.05) is 0 Å². The second-order valence-electron chi connectivity index (χ2n) is 6.39. The van der Waals surface area contributed by atoms with Gasteiger partial charge in [-0.3, -0.25) is 24.6 Å². The molecule has 0 bridgehead atoms. The number of imide groups is 1. The Morgan fingerprint density at radius 3 is 2.43 bits per heavy atom. The Balaban J connectivity index is 1.61. The molecule has 8 nitrogen and oxygen atoms in total. The zero-order chi connectivity index (χ0) is 20.4. The highest BCUT2D eigenvalue weighted by Crippen LogP contribution is 2.27. The summed E-state index contributed by atoms with van der Waals surface area (Å²) in [7, 11) is 0. The van der Waals surface area contributed by atoms with Gasteiger partial charge in [0.05, 0.1) is 41.4 Å². The van der Waals surface area contributed by atoms with Gasteiger partial charge in [0.15, 0.2) is 0 Å². The SMILES string of the molecule is C[C@@H](OC[C@H](O)CN1C(=O)c2ccc([N+](=O)[O-])cc2C1=O)c1ccc(Cl)cc1. The average Bonchev–Trinajstić information content (AvgIpc) is 2.91. The largest absolute Gasteiger partial charge is 0.389 e. The number of hydrogen-bond acceptors (Lipinski definition) is 6. The number of nitro benzene ring substituents is 1. The summed E-state index contributed by atoms with van der Waals surface area (Å²) in [6.07, 6.45) is -1.43. The first-order chi connectivity index (χ1) is 13.3. The molecule has 2 aromatic rings. The van der Waals surface area contributed by atoms with Crippen molar-refractivity contribution in [3.8, 4) is 0 Å². The molecule has 28 heavy (non-hydrogen) atoms. The van der Waals surface area contributed by atoms with Gasteiger partial charge in [-0.1, -0.05) is 23.7 Å². The molecule has 0 aromatic heterocycles. The van der Waals surface area contributed by atoms with Gasteiger partial charge in [-0.2, -0.15) is 0 Å². The van der Waals surface area contributed by atoms with Gasteiger partial charge in [-0.25, -0.2) is 0 Å². The minimum Gasteiger partial charge on any atom is -0.389 e. The molecular weight excluding hydrogens is 388 g/mol. The molecule has 146 valence electrons. The summed E-state index contributed by atoms with van der Waals surface area (Å²) in [4.78, 5) is 35.9. The Hall–Kier alpha value is -2.81. The molecule has 1 aliphatic heterocycles. The number of nitrogens with zero attached hydrogens (tertiary/aromatic N) is 2. The number of ether oxygens (including phenoxy) is 1. The predicted molar refractivity (Wildman–Crippen MR) is 100 cm³/mol. The van der Waals surface area contributed by atoms with Crippen molar-refractivity contribution in [3.05, 3.63) is 74.3 Å². The fourth-order valence-corrected chi connectivity index (χ4v) is 3.03. The number of aliphatic hydroxyl groups excluding tert-OH is 1. The van der Waals surface area contributed by atoms with Crippen LogP contribution in [0.4, 0.5) is 5.69 Å². The van der Waals surface area contributed by atoms with Crippen molar-refractivity contribution in [2.24, 2.45) is 0 Å². The standard InChI is InChI=1S/C19H17ClN2O6/c1-11(12-2-4-13(20)5-3-12)28-10-15(23)9-21-18(24)16-7-6-14(22(26)27)8-17(16)19(21)25/h2-8,11,15,23H,9-10H2,1H3/t11-,15-/m1/s1. The van der Waals surface area contributed by atoms with Gasteiger partial charge in [0.1, 0.15) is 0 Å². The number of hydrogen-bond donors (Lipinski definition) is 1. The van der Waals surface area contributed by atoms with Crippen LogP contribution in [0.2, 0.25) is 5.02 Å². The van der Waals surface area contributed by atoms with Gasteiger partial charge in [0.25, 0.3) is 17.5 Å². The van der Waals surface area contributed by atoms with E-state index in [1.54, 1.807) is 31.2 Å². The third kappa shape index (κ3) is 4.04. The number of aliphatic hydroxyl groups is 1. The van der Waals surface area contributed by atoms with E-state index in [0.29, 0.717) is 5.02 Å². The van der Waals surface area contributed by atoms with Crippen molar-refractivity contribution in [1.29, 1.82) is 0 Å². The van der Waals surface area contributed by atoms with Crippen molar-refractivity contribution >= 4 is 29.1 Å². The number of fused-ring (bicyclic) bond motifs is 1. The summed E-state index contributed by atoms with van der Waals surface area (Å²) in [6, 6.07) is 10.5. The topological polar surface area (TPSA) is 110 Å². The van der Waals surface area contributed by atoms with Gasteiger partial charge >= 0.3 is 0 Å². The molecule has 0 radical (unpaired) electrons.